The zero-order valence-corrected chi connectivity index (χ0v) is 6.96. The van der Waals surface area contributed by atoms with Crippen LogP contribution in [0.3, 0.4) is 0 Å². The van der Waals surface area contributed by atoms with Gasteiger partial charge in [0, 0.05) is 25.1 Å². The highest BCUT2D eigenvalue weighted by Crippen LogP contribution is 2.21. The Labute approximate surface area is 75.0 Å². The molecule has 4 heteroatoms. The van der Waals surface area contributed by atoms with Gasteiger partial charge in [0.05, 0.1) is 0 Å². The highest BCUT2D eigenvalue weighted by molar-refractivity contribution is 5.79. The summed E-state index contributed by atoms with van der Waals surface area (Å²) in [7, 11) is 0. The zero-order valence-electron chi connectivity index (χ0n) is 6.96. The molecule has 1 saturated heterocycles. The topological polar surface area (TPSA) is 42.0 Å². The van der Waals surface area contributed by atoms with Crippen molar-refractivity contribution in [2.24, 2.45) is 0 Å². The number of nitrogens with zero attached hydrogens (tertiary/aromatic N) is 1. The molecule has 68 valence electrons. The fraction of sp³-hybridized carbons (Fsp3) is 0.333. The minimum absolute atomic E-state index is 0.0503. The molecule has 0 unspecified atom stereocenters. The van der Waals surface area contributed by atoms with Crippen LogP contribution in [0.4, 0.5) is 4.39 Å². The summed E-state index contributed by atoms with van der Waals surface area (Å²) in [6.45, 7) is 0.631. The Bertz CT molecular complexity index is 323. The van der Waals surface area contributed by atoms with Gasteiger partial charge in [-0.15, -0.1) is 0 Å². The van der Waals surface area contributed by atoms with Gasteiger partial charge in [-0.1, -0.05) is 6.07 Å². The van der Waals surface area contributed by atoms with Crippen LogP contribution in [0, 0.1) is 5.95 Å². The maximum atomic E-state index is 12.5. The molecule has 1 N–H and O–H groups in total. The van der Waals surface area contributed by atoms with Gasteiger partial charge in [0.1, 0.15) is 0 Å². The van der Waals surface area contributed by atoms with E-state index in [4.69, 9.17) is 0 Å². The molecule has 1 aromatic heterocycles. The van der Waals surface area contributed by atoms with Crippen LogP contribution in [0.15, 0.2) is 18.3 Å². The lowest BCUT2D eigenvalue weighted by Gasteiger charge is -2.05. The predicted octanol–water partition coefficient (Wildman–Crippen LogP) is 0.824. The van der Waals surface area contributed by atoms with Gasteiger partial charge >= 0.3 is 0 Å². The van der Waals surface area contributed by atoms with Crippen LogP contribution in [0.5, 0.6) is 0 Å². The summed E-state index contributed by atoms with van der Waals surface area (Å²) in [4.78, 5) is 14.4. The van der Waals surface area contributed by atoms with Crippen molar-refractivity contribution in [2.45, 2.75) is 12.3 Å². The first kappa shape index (κ1) is 8.16. The van der Waals surface area contributed by atoms with Crippen molar-refractivity contribution in [1.82, 2.24) is 10.3 Å². The van der Waals surface area contributed by atoms with E-state index in [-0.39, 0.29) is 11.8 Å². The molecule has 0 aromatic carbocycles. The minimum atomic E-state index is -0.485. The Hall–Kier alpha value is -1.45. The number of nitrogens with one attached hydrogen (secondary N) is 1. The second-order valence-corrected chi connectivity index (χ2v) is 3.12. The highest BCUT2D eigenvalue weighted by atomic mass is 19.1. The third-order valence-electron chi connectivity index (χ3n) is 2.20. The molecule has 1 amide bonds. The molecule has 0 spiro atoms. The Balaban J connectivity index is 2.17. The Kier molecular flexibility index (Phi) is 1.96. The maximum Gasteiger partial charge on any atom is 0.220 e. The van der Waals surface area contributed by atoms with Crippen molar-refractivity contribution >= 4 is 5.91 Å². The van der Waals surface area contributed by atoms with Crippen LogP contribution in [-0.4, -0.2) is 17.4 Å². The molecule has 3 nitrogen and oxygen atoms in total. The van der Waals surface area contributed by atoms with Gasteiger partial charge in [0.2, 0.25) is 11.9 Å². The highest BCUT2D eigenvalue weighted by Gasteiger charge is 2.22. The minimum Gasteiger partial charge on any atom is -0.355 e. The zero-order chi connectivity index (χ0) is 9.26. The fourth-order valence-corrected chi connectivity index (χ4v) is 1.47. The number of hydrogen-bond donors (Lipinski definition) is 1. The first-order valence-electron chi connectivity index (χ1n) is 4.14. The van der Waals surface area contributed by atoms with Crippen molar-refractivity contribution in [2.75, 3.05) is 6.54 Å². The van der Waals surface area contributed by atoms with Crippen molar-refractivity contribution < 1.29 is 9.18 Å². The number of halogens is 1. The first-order valence-corrected chi connectivity index (χ1v) is 4.14. The largest absolute Gasteiger partial charge is 0.355 e. The molecule has 1 aromatic rings. The van der Waals surface area contributed by atoms with E-state index in [1.807, 2.05) is 0 Å². The number of hydrogen-bond acceptors (Lipinski definition) is 2. The molecule has 1 aliphatic rings. The Morgan fingerprint density at radius 1 is 1.54 bits per heavy atom. The van der Waals surface area contributed by atoms with Gasteiger partial charge < -0.3 is 5.32 Å². The molecular formula is C9H9FN2O. The Morgan fingerprint density at radius 3 is 2.92 bits per heavy atom. The van der Waals surface area contributed by atoms with Crippen molar-refractivity contribution in [1.29, 1.82) is 0 Å². The number of pyridine rings is 1. The molecule has 1 aliphatic heterocycles. The second-order valence-electron chi connectivity index (χ2n) is 3.12. The van der Waals surface area contributed by atoms with Crippen molar-refractivity contribution in [3.05, 3.63) is 29.8 Å². The molecule has 0 radical (unpaired) electrons. The summed E-state index contributed by atoms with van der Waals surface area (Å²) < 4.78 is 12.5. The van der Waals surface area contributed by atoms with E-state index in [0.717, 1.165) is 5.56 Å². The monoisotopic (exact) mass is 180 g/mol. The van der Waals surface area contributed by atoms with Gasteiger partial charge in [-0.2, -0.15) is 4.39 Å². The molecule has 0 saturated carbocycles. The van der Waals surface area contributed by atoms with E-state index in [0.29, 0.717) is 13.0 Å². The summed E-state index contributed by atoms with van der Waals surface area (Å²) in [6, 6.07) is 2.99. The average molecular weight is 180 g/mol. The molecule has 0 aliphatic carbocycles. The fourth-order valence-electron chi connectivity index (χ4n) is 1.47. The normalized spacial score (nSPS) is 21.6. The van der Waals surface area contributed by atoms with E-state index in [2.05, 4.69) is 10.3 Å². The number of rotatable bonds is 1. The molecule has 13 heavy (non-hydrogen) atoms. The third-order valence-corrected chi connectivity index (χ3v) is 2.20. The molecule has 1 atom stereocenters. The van der Waals surface area contributed by atoms with Gasteiger partial charge in [0.25, 0.3) is 0 Å². The number of amides is 1. The van der Waals surface area contributed by atoms with Crippen LogP contribution in [0.2, 0.25) is 0 Å². The van der Waals surface area contributed by atoms with Crippen LogP contribution in [0.25, 0.3) is 0 Å². The van der Waals surface area contributed by atoms with Gasteiger partial charge in [-0.25, -0.2) is 4.98 Å². The lowest BCUT2D eigenvalue weighted by Crippen LogP contribution is -2.13. The van der Waals surface area contributed by atoms with Crippen molar-refractivity contribution in [3.63, 3.8) is 0 Å². The van der Waals surface area contributed by atoms with Gasteiger partial charge in [-0.05, 0) is 11.6 Å². The molecular weight excluding hydrogens is 171 g/mol. The molecule has 2 heterocycles. The first-order chi connectivity index (χ1) is 6.25. The van der Waals surface area contributed by atoms with Crippen LogP contribution in [0.1, 0.15) is 17.9 Å². The lowest BCUT2D eigenvalue weighted by molar-refractivity contribution is -0.119. The third kappa shape index (κ3) is 1.66. The van der Waals surface area contributed by atoms with Crippen LogP contribution >= 0.6 is 0 Å². The van der Waals surface area contributed by atoms with E-state index >= 15 is 0 Å². The smallest absolute Gasteiger partial charge is 0.220 e. The number of aromatic nitrogens is 1. The SMILES string of the molecule is O=C1C[C@@H](c2ccc(F)nc2)CN1. The molecule has 2 rings (SSSR count). The average Bonchev–Trinajstić information content (AvgIpc) is 2.53. The van der Waals surface area contributed by atoms with Crippen LogP contribution in [-0.2, 0) is 4.79 Å². The quantitative estimate of drug-likeness (QED) is 0.650. The number of carbonyl (C=O) groups excluding carboxylic acids is 1. The summed E-state index contributed by atoms with van der Waals surface area (Å²) in [5.41, 5.74) is 0.916. The maximum absolute atomic E-state index is 12.5. The second kappa shape index (κ2) is 3.12. The summed E-state index contributed by atoms with van der Waals surface area (Å²) in [5, 5.41) is 2.72. The standard InChI is InChI=1S/C9H9FN2O/c10-8-2-1-6(4-11-8)7-3-9(13)12-5-7/h1-2,4,7H,3,5H2,(H,12,13)/t7-/m1/s1. The van der Waals surface area contributed by atoms with E-state index in [9.17, 15) is 9.18 Å². The molecule has 0 bridgehead atoms. The van der Waals surface area contributed by atoms with Crippen LogP contribution < -0.4 is 5.32 Å². The summed E-state index contributed by atoms with van der Waals surface area (Å²) in [6.07, 6.45) is 1.97. The van der Waals surface area contributed by atoms with Crippen molar-refractivity contribution in [3.8, 4) is 0 Å². The van der Waals surface area contributed by atoms with E-state index in [1.165, 1.54) is 12.3 Å². The number of carbonyl (C=O) groups is 1. The lowest BCUT2D eigenvalue weighted by atomic mass is 10.0. The van der Waals surface area contributed by atoms with Gasteiger partial charge in [0.15, 0.2) is 0 Å². The summed E-state index contributed by atoms with van der Waals surface area (Å²) in [5.74, 6) is -0.282. The van der Waals surface area contributed by atoms with E-state index in [1.54, 1.807) is 6.07 Å². The summed E-state index contributed by atoms with van der Waals surface area (Å²) >= 11 is 0. The molecule has 1 fully saturated rings. The Morgan fingerprint density at radius 2 is 2.38 bits per heavy atom. The predicted molar refractivity (Wildman–Crippen MR) is 44.6 cm³/mol. The van der Waals surface area contributed by atoms with E-state index < -0.39 is 5.95 Å². The van der Waals surface area contributed by atoms with Gasteiger partial charge in [-0.3, -0.25) is 4.79 Å².